The van der Waals surface area contributed by atoms with E-state index in [1.165, 1.54) is 12.1 Å². The zero-order valence-electron chi connectivity index (χ0n) is 11.0. The van der Waals surface area contributed by atoms with Gasteiger partial charge in [-0.2, -0.15) is 0 Å². The molecule has 5 nitrogen and oxygen atoms in total. The average molecular weight is 281 g/mol. The Morgan fingerprint density at radius 3 is 2.67 bits per heavy atom. The van der Waals surface area contributed by atoms with E-state index >= 15 is 0 Å². The normalized spacial score (nSPS) is 17.0. The fourth-order valence-electron chi connectivity index (χ4n) is 2.32. The Morgan fingerprint density at radius 1 is 1.14 bits per heavy atom. The molecular formula is C16H11NO4. The van der Waals surface area contributed by atoms with Crippen LogP contribution in [0.4, 0.5) is 5.69 Å². The average Bonchev–Trinajstić information content (AvgIpc) is 2.51. The molecule has 2 aromatic carbocycles. The van der Waals surface area contributed by atoms with Crippen LogP contribution < -0.4 is 4.74 Å². The summed E-state index contributed by atoms with van der Waals surface area (Å²) in [6.07, 6.45) is -0.702. The number of ether oxygens (including phenoxy) is 1. The summed E-state index contributed by atoms with van der Waals surface area (Å²) in [6, 6.07) is 12.9. The zero-order valence-corrected chi connectivity index (χ0v) is 11.0. The van der Waals surface area contributed by atoms with Gasteiger partial charge in [-0.05, 0) is 12.1 Å². The van der Waals surface area contributed by atoms with Crippen LogP contribution in [0, 0.1) is 10.1 Å². The first-order valence-corrected chi connectivity index (χ1v) is 6.31. The molecule has 1 heterocycles. The second kappa shape index (κ2) is 4.86. The molecule has 0 saturated heterocycles. The van der Waals surface area contributed by atoms with E-state index < -0.39 is 11.0 Å². The van der Waals surface area contributed by atoms with Gasteiger partial charge in [0.1, 0.15) is 5.75 Å². The Labute approximate surface area is 120 Å². The number of nitro groups is 1. The van der Waals surface area contributed by atoms with Gasteiger partial charge in [0.15, 0.2) is 11.9 Å². The van der Waals surface area contributed by atoms with E-state index in [9.17, 15) is 14.9 Å². The summed E-state index contributed by atoms with van der Waals surface area (Å²) in [5.74, 6) is 0.264. The van der Waals surface area contributed by atoms with Gasteiger partial charge in [0.05, 0.1) is 10.5 Å². The Kier molecular flexibility index (Phi) is 3.02. The van der Waals surface area contributed by atoms with Gasteiger partial charge >= 0.3 is 0 Å². The van der Waals surface area contributed by atoms with Crippen molar-refractivity contribution in [2.45, 2.75) is 6.10 Å². The number of nitrogens with zero attached hydrogens (tertiary/aromatic N) is 1. The van der Waals surface area contributed by atoms with E-state index in [1.54, 1.807) is 36.4 Å². The predicted octanol–water partition coefficient (Wildman–Crippen LogP) is 3.47. The second-order valence-electron chi connectivity index (χ2n) is 4.70. The van der Waals surface area contributed by atoms with Crippen molar-refractivity contribution in [2.24, 2.45) is 0 Å². The van der Waals surface area contributed by atoms with E-state index in [1.807, 2.05) is 0 Å². The van der Waals surface area contributed by atoms with Gasteiger partial charge in [0.2, 0.25) is 0 Å². The van der Waals surface area contributed by atoms with Crippen molar-refractivity contribution in [1.29, 1.82) is 0 Å². The summed E-state index contributed by atoms with van der Waals surface area (Å²) in [5, 5.41) is 10.9. The third kappa shape index (κ3) is 2.18. The molecule has 0 radical (unpaired) electrons. The largest absolute Gasteiger partial charge is 0.480 e. The highest BCUT2D eigenvalue weighted by Crippen LogP contribution is 2.38. The maximum Gasteiger partial charge on any atom is 0.269 e. The SMILES string of the molecule is C=C1C(=O)c2ccccc2OC1c1cccc([N+](=O)[O-])c1. The number of fused-ring (bicyclic) bond motifs is 1. The lowest BCUT2D eigenvalue weighted by Crippen LogP contribution is -2.23. The Hall–Kier alpha value is -2.95. The maximum atomic E-state index is 12.3. The third-order valence-electron chi connectivity index (χ3n) is 3.37. The first-order chi connectivity index (χ1) is 10.1. The lowest BCUT2D eigenvalue weighted by atomic mass is 9.92. The smallest absolute Gasteiger partial charge is 0.269 e. The van der Waals surface area contributed by atoms with Crippen LogP contribution in [-0.4, -0.2) is 10.7 Å². The van der Waals surface area contributed by atoms with Crippen LogP contribution >= 0.6 is 0 Å². The third-order valence-corrected chi connectivity index (χ3v) is 3.37. The Morgan fingerprint density at radius 2 is 1.90 bits per heavy atom. The van der Waals surface area contributed by atoms with Crippen molar-refractivity contribution in [3.8, 4) is 5.75 Å². The van der Waals surface area contributed by atoms with Crippen LogP contribution in [0.5, 0.6) is 5.75 Å². The molecule has 104 valence electrons. The quantitative estimate of drug-likeness (QED) is 0.480. The van der Waals surface area contributed by atoms with E-state index in [0.717, 1.165) is 0 Å². The highest BCUT2D eigenvalue weighted by atomic mass is 16.6. The molecule has 21 heavy (non-hydrogen) atoms. The molecule has 0 saturated carbocycles. The molecule has 0 bridgehead atoms. The van der Waals surface area contributed by atoms with Gasteiger partial charge in [-0.1, -0.05) is 30.8 Å². The van der Waals surface area contributed by atoms with E-state index in [2.05, 4.69) is 6.58 Å². The Bertz CT molecular complexity index is 766. The van der Waals surface area contributed by atoms with Crippen LogP contribution in [0.1, 0.15) is 22.0 Å². The highest BCUT2D eigenvalue weighted by Gasteiger charge is 2.31. The summed E-state index contributed by atoms with van der Waals surface area (Å²) in [6.45, 7) is 3.78. The minimum absolute atomic E-state index is 0.0461. The summed E-state index contributed by atoms with van der Waals surface area (Å²) < 4.78 is 5.79. The number of para-hydroxylation sites is 1. The van der Waals surface area contributed by atoms with E-state index in [0.29, 0.717) is 16.9 Å². The van der Waals surface area contributed by atoms with Gasteiger partial charge in [-0.15, -0.1) is 0 Å². The molecule has 3 rings (SSSR count). The number of hydrogen-bond donors (Lipinski definition) is 0. The minimum atomic E-state index is -0.702. The van der Waals surface area contributed by atoms with E-state index in [-0.39, 0.29) is 17.0 Å². The molecule has 1 unspecified atom stereocenters. The van der Waals surface area contributed by atoms with Crippen molar-refractivity contribution in [2.75, 3.05) is 0 Å². The predicted molar refractivity (Wildman–Crippen MR) is 76.4 cm³/mol. The minimum Gasteiger partial charge on any atom is -0.480 e. The molecule has 0 spiro atoms. The number of non-ortho nitro benzene ring substituents is 1. The molecule has 2 aromatic rings. The molecule has 0 amide bonds. The molecule has 1 aliphatic heterocycles. The number of hydrogen-bond acceptors (Lipinski definition) is 4. The summed E-state index contributed by atoms with van der Waals surface area (Å²) >= 11 is 0. The first kappa shape index (κ1) is 13.1. The zero-order chi connectivity index (χ0) is 15.0. The molecule has 5 heteroatoms. The van der Waals surface area contributed by atoms with Crippen LogP contribution in [0.2, 0.25) is 0 Å². The van der Waals surface area contributed by atoms with E-state index in [4.69, 9.17) is 4.74 Å². The topological polar surface area (TPSA) is 69.4 Å². The van der Waals surface area contributed by atoms with Crippen molar-refractivity contribution in [3.63, 3.8) is 0 Å². The number of ketones is 1. The number of rotatable bonds is 2. The van der Waals surface area contributed by atoms with Gasteiger partial charge in [-0.25, -0.2) is 0 Å². The van der Waals surface area contributed by atoms with Crippen LogP contribution in [0.25, 0.3) is 0 Å². The lowest BCUT2D eigenvalue weighted by molar-refractivity contribution is -0.385. The number of benzene rings is 2. The van der Waals surface area contributed by atoms with Crippen LogP contribution in [0.3, 0.4) is 0 Å². The second-order valence-corrected chi connectivity index (χ2v) is 4.70. The van der Waals surface area contributed by atoms with Crippen molar-refractivity contribution >= 4 is 11.5 Å². The van der Waals surface area contributed by atoms with Crippen molar-refractivity contribution in [1.82, 2.24) is 0 Å². The first-order valence-electron chi connectivity index (χ1n) is 6.31. The van der Waals surface area contributed by atoms with Gasteiger partial charge < -0.3 is 4.74 Å². The van der Waals surface area contributed by atoms with Gasteiger partial charge in [-0.3, -0.25) is 14.9 Å². The molecule has 0 N–H and O–H groups in total. The molecule has 1 aliphatic rings. The fourth-order valence-corrected chi connectivity index (χ4v) is 2.32. The van der Waals surface area contributed by atoms with Crippen LogP contribution in [0.15, 0.2) is 60.7 Å². The monoisotopic (exact) mass is 281 g/mol. The lowest BCUT2D eigenvalue weighted by Gasteiger charge is -2.27. The summed E-state index contributed by atoms with van der Waals surface area (Å²) in [4.78, 5) is 22.7. The molecular weight excluding hydrogens is 270 g/mol. The summed E-state index contributed by atoms with van der Waals surface area (Å²) in [5.41, 5.74) is 1.23. The number of Topliss-reactive ketones (excluding diaryl/α,β-unsaturated/α-hetero) is 1. The molecule has 0 fully saturated rings. The van der Waals surface area contributed by atoms with Gasteiger partial charge in [0, 0.05) is 23.3 Å². The van der Waals surface area contributed by atoms with Crippen LogP contribution in [-0.2, 0) is 0 Å². The molecule has 0 aliphatic carbocycles. The number of nitro benzene ring substituents is 1. The highest BCUT2D eigenvalue weighted by molar-refractivity contribution is 6.11. The van der Waals surface area contributed by atoms with Gasteiger partial charge in [0.25, 0.3) is 5.69 Å². The standard InChI is InChI=1S/C16H11NO4/c1-10-15(18)13-7-2-3-8-14(13)21-16(10)11-5-4-6-12(9-11)17(19)20/h2-9,16H,1H2. The number of carbonyl (C=O) groups is 1. The molecule has 1 atom stereocenters. The Balaban J connectivity index is 2.05. The van der Waals surface area contributed by atoms with Crippen molar-refractivity contribution < 1.29 is 14.5 Å². The van der Waals surface area contributed by atoms with Crippen molar-refractivity contribution in [3.05, 3.63) is 81.9 Å². The maximum absolute atomic E-state index is 12.3. The summed E-state index contributed by atoms with van der Waals surface area (Å²) in [7, 11) is 0. The fraction of sp³-hybridized carbons (Fsp3) is 0.0625. The number of carbonyl (C=O) groups excluding carboxylic acids is 1. The molecule has 0 aromatic heterocycles.